The summed E-state index contributed by atoms with van der Waals surface area (Å²) in [6, 6.07) is 13.2. The number of carbonyl (C=O) groups excluding carboxylic acids is 13. The molecule has 1 saturated heterocycles. The molecular weight excluding hydrogens is 1880 g/mol. The van der Waals surface area contributed by atoms with Crippen molar-refractivity contribution in [2.45, 2.75) is 189 Å². The summed E-state index contributed by atoms with van der Waals surface area (Å²) >= 11 is 0. The minimum Gasteiger partial charge on any atom is -0.493 e. The van der Waals surface area contributed by atoms with Gasteiger partial charge in [-0.05, 0) is 119 Å². The number of aliphatic hydroxyl groups is 3. The third-order valence-corrected chi connectivity index (χ3v) is 23.9. The van der Waals surface area contributed by atoms with Crippen LogP contribution < -0.4 is 66.0 Å². The van der Waals surface area contributed by atoms with Crippen LogP contribution in [0.3, 0.4) is 0 Å². The third kappa shape index (κ3) is 34.3. The van der Waals surface area contributed by atoms with Gasteiger partial charge in [0.1, 0.15) is 37.4 Å². The van der Waals surface area contributed by atoms with Gasteiger partial charge in [-0.15, -0.1) is 0 Å². The molecule has 0 spiro atoms. The average Bonchev–Trinajstić information content (AvgIpc) is 1.57. The first-order chi connectivity index (χ1) is 69.1. The fourth-order valence-electron chi connectivity index (χ4n) is 15.9. The van der Waals surface area contributed by atoms with Crippen LogP contribution in [-0.4, -0.2) is 329 Å². The Balaban J connectivity index is 0.653. The zero-order chi connectivity index (χ0) is 105. The molecule has 144 heavy (non-hydrogen) atoms. The monoisotopic (exact) mass is 2020 g/mol. The highest BCUT2D eigenvalue weighted by Gasteiger charge is 2.56. The predicted octanol–water partition coefficient (Wildman–Crippen LogP) is 6.12. The van der Waals surface area contributed by atoms with Crippen molar-refractivity contribution in [1.29, 1.82) is 0 Å². The molecule has 1 unspecified atom stereocenters. The fraction of sp³-hybridized carbons (Fsp3) is 0.590. The summed E-state index contributed by atoms with van der Waals surface area (Å²) < 4.78 is 90.2. The molecule has 0 radical (unpaired) electrons. The normalized spacial score (nSPS) is 17.8. The van der Waals surface area contributed by atoms with E-state index in [1.54, 1.807) is 84.1 Å². The van der Waals surface area contributed by atoms with Gasteiger partial charge in [-0.3, -0.25) is 62.5 Å². The van der Waals surface area contributed by atoms with Crippen LogP contribution in [0.15, 0.2) is 96.3 Å². The van der Waals surface area contributed by atoms with Crippen LogP contribution in [0, 0.1) is 23.7 Å². The number of rotatable bonds is 63. The lowest BCUT2D eigenvalue weighted by atomic mass is 9.94. The number of carbonyl (C=O) groups is 13. The van der Waals surface area contributed by atoms with Crippen LogP contribution in [-0.2, 0) is 113 Å². The number of anilines is 4. The van der Waals surface area contributed by atoms with Gasteiger partial charge in [0.05, 0.1) is 182 Å². The number of imide groups is 1. The third-order valence-electron chi connectivity index (χ3n) is 23.9. The van der Waals surface area contributed by atoms with E-state index in [0.29, 0.717) is 153 Å². The quantitative estimate of drug-likeness (QED) is 0.0176. The molecule has 44 nitrogen and oxygen atoms in total. The minimum absolute atomic E-state index is 0.00931. The van der Waals surface area contributed by atoms with Crippen LogP contribution in [0.25, 0.3) is 0 Å². The van der Waals surface area contributed by atoms with Gasteiger partial charge in [0.25, 0.3) is 11.8 Å². The number of nitrogens with zero attached hydrogens (tertiary/aromatic N) is 5. The molecule has 0 aliphatic carbocycles. The van der Waals surface area contributed by atoms with Crippen molar-refractivity contribution >= 4 is 99.9 Å². The maximum Gasteiger partial charge on any atom is 0.416 e. The largest absolute Gasteiger partial charge is 0.493 e. The van der Waals surface area contributed by atoms with Gasteiger partial charge in [-0.2, -0.15) is 0 Å². The molecule has 9 atom stereocenters. The van der Waals surface area contributed by atoms with Gasteiger partial charge >= 0.3 is 12.2 Å². The molecular formula is C100H142N12O32. The molecule has 4 aromatic rings. The maximum atomic E-state index is 14.5. The molecule has 0 aromatic heterocycles. The van der Waals surface area contributed by atoms with Crippen LogP contribution >= 0.6 is 0 Å². The standard InChI is InChI=1S/C100H142N12O32/c1-62(2)73-54-86(116)108(93(73)121)29-25-83(113)101-28-34-134-38-40-136-42-44-138-46-48-140-50-49-139-47-45-137-43-41-135-39-37-133-33-27-85(115)107-88(64(5)6)92(120)103-68(10)90(118)105-72-23-19-70(20-24-72)61-144-99(127)112-77-56-82(80(131-13)53-75(77)95(123)110-59-66(8)57-100(110,128)97(112)125)142-31-16-14-15-30-141-81-55-76-74(52-79(81)130-12)94(122)109-58-65(7)51-78(109)96(124)111(76)98(126)143-60-69-17-21-71(22-18-69)104-89(117)67(9)102-91(119)87(63(3)4)106-84(114)26-32-132-36-35-129-11/h17-24,52-53,55-56,58-59,62-64,67-68,73,78,87-88,96-97,124-125,128H,14-16,25-51,54,57,60-61H2,1-13H3,(H,101,113)(H,102,119)(H,103,120)(H,104,117)(H,105,118)(H,106,114)(H,107,115)/t67-,68-,73?,78-,87-,88-,96-,97-,100+/m0/s1. The summed E-state index contributed by atoms with van der Waals surface area (Å²) in [5.74, 6) is -5.61. The van der Waals surface area contributed by atoms with Gasteiger partial charge in [0.2, 0.25) is 53.2 Å². The van der Waals surface area contributed by atoms with Crippen LogP contribution in [0.4, 0.5) is 32.3 Å². The number of benzene rings is 4. The number of nitrogens with one attached hydrogen (secondary N) is 7. The van der Waals surface area contributed by atoms with Crippen LogP contribution in [0.5, 0.6) is 23.0 Å². The molecule has 5 aliphatic heterocycles. The average molecular weight is 2020 g/mol. The maximum absolute atomic E-state index is 14.5. The van der Waals surface area contributed by atoms with E-state index in [4.69, 9.17) is 75.8 Å². The Kier molecular flexibility index (Phi) is 47.2. The van der Waals surface area contributed by atoms with E-state index >= 15 is 0 Å². The summed E-state index contributed by atoms with van der Waals surface area (Å²) in [6.45, 7) is 23.0. The first-order valence-electron chi connectivity index (χ1n) is 48.6. The number of likely N-dealkylation sites (tertiary alicyclic amines) is 1. The van der Waals surface area contributed by atoms with Crippen LogP contribution in [0.2, 0.25) is 0 Å². The lowest BCUT2D eigenvalue weighted by Crippen LogP contribution is -2.60. The van der Waals surface area contributed by atoms with Crippen molar-refractivity contribution in [3.8, 4) is 23.0 Å². The number of unbranched alkanes of at least 4 members (excludes halogenated alkanes) is 2. The zero-order valence-electron chi connectivity index (χ0n) is 84.4. The topological polar surface area (TPSA) is 531 Å². The molecule has 44 heteroatoms. The molecule has 10 N–H and O–H groups in total. The lowest BCUT2D eigenvalue weighted by Gasteiger charge is -2.38. The Morgan fingerprint density at radius 1 is 0.451 bits per heavy atom. The number of amides is 13. The SMILES string of the molecule is COCCOCCC(=O)N[C@H](C(=O)N[C@@H](C)C(=O)Nc1ccc(COC(=O)N2c3cc(OCCCCCOc4cc5c(cc4OC)C(=O)N4C=C(C)C[C@@]4(O)[C@H](O)N5C(=O)OCc4ccc(NC(=O)[C@H](C)NC(=O)[C@@H](NC(=O)CCOCCOCCOCCOCCOCCOCCOCCOCCNC(=O)CCN5C(=O)CC(C(C)C)C5=O)C(C)C)cc4)c(OC)cc3C(=O)N3C=C(C)C[C@H]3[C@@H]2O)cc1)C(C)C. The smallest absolute Gasteiger partial charge is 0.416 e. The summed E-state index contributed by atoms with van der Waals surface area (Å²) in [7, 11) is 4.27. The second-order valence-corrected chi connectivity index (χ2v) is 36.1. The first kappa shape index (κ1) is 116. The number of hydrogen-bond donors (Lipinski definition) is 10. The molecule has 9 rings (SSSR count). The summed E-state index contributed by atoms with van der Waals surface area (Å²) in [4.78, 5) is 179. The van der Waals surface area contributed by atoms with E-state index in [1.165, 1.54) is 87.6 Å². The second kappa shape index (κ2) is 58.8. The van der Waals surface area contributed by atoms with E-state index in [9.17, 15) is 77.6 Å². The lowest BCUT2D eigenvalue weighted by molar-refractivity contribution is -0.140. The molecule has 794 valence electrons. The molecule has 5 aliphatic rings. The van der Waals surface area contributed by atoms with Crippen molar-refractivity contribution in [2.75, 3.05) is 194 Å². The molecule has 5 heterocycles. The second-order valence-electron chi connectivity index (χ2n) is 36.1. The molecule has 4 aromatic carbocycles. The Hall–Kier alpha value is -12.0. The van der Waals surface area contributed by atoms with Gasteiger partial charge in [0, 0.05) is 94.1 Å². The molecule has 13 amide bonds. The fourth-order valence-corrected chi connectivity index (χ4v) is 15.9. The van der Waals surface area contributed by atoms with Gasteiger partial charge < -0.3 is 133 Å². The summed E-state index contributed by atoms with van der Waals surface area (Å²) in [6.07, 6.45) is -1.35. The molecule has 1 fully saturated rings. The molecule has 0 bridgehead atoms. The predicted molar refractivity (Wildman–Crippen MR) is 521 cm³/mol. The summed E-state index contributed by atoms with van der Waals surface area (Å²) in [5, 5.41) is 55.4. The Morgan fingerprint density at radius 2 is 0.875 bits per heavy atom. The van der Waals surface area contributed by atoms with Crippen LogP contribution in [0.1, 0.15) is 159 Å². The van der Waals surface area contributed by atoms with E-state index in [0.717, 1.165) is 20.3 Å². The van der Waals surface area contributed by atoms with E-state index < -0.39 is 114 Å². The number of fused-ring (bicyclic) bond motifs is 4. The van der Waals surface area contributed by atoms with E-state index in [2.05, 4.69) is 37.2 Å². The highest BCUT2D eigenvalue weighted by Crippen LogP contribution is 2.47. The highest BCUT2D eigenvalue weighted by atomic mass is 16.6. The van der Waals surface area contributed by atoms with E-state index in [1.807, 2.05) is 13.8 Å². The van der Waals surface area contributed by atoms with Gasteiger partial charge in [-0.1, -0.05) is 77.0 Å². The number of methoxy groups -OCH3 is 3. The highest BCUT2D eigenvalue weighted by molar-refractivity contribution is 6.09. The van der Waals surface area contributed by atoms with Crippen molar-refractivity contribution in [2.24, 2.45) is 23.7 Å². The van der Waals surface area contributed by atoms with Gasteiger partial charge in [0.15, 0.2) is 41.2 Å². The number of hydrogen-bond acceptors (Lipinski definition) is 32. The Labute approximate surface area is 838 Å². The zero-order valence-corrected chi connectivity index (χ0v) is 84.4. The Bertz CT molecular complexity index is 5000. The first-order valence-corrected chi connectivity index (χ1v) is 48.6. The number of aliphatic hydroxyl groups excluding tert-OH is 2. The van der Waals surface area contributed by atoms with E-state index in [-0.39, 0.29) is 178 Å². The molecule has 0 saturated carbocycles. The number of ether oxygens (including phenoxy) is 16. The van der Waals surface area contributed by atoms with Crippen molar-refractivity contribution in [3.05, 3.63) is 119 Å². The summed E-state index contributed by atoms with van der Waals surface area (Å²) in [5.41, 5.74) is 0.185. The Morgan fingerprint density at radius 3 is 1.31 bits per heavy atom. The minimum atomic E-state index is -2.35. The van der Waals surface area contributed by atoms with Crippen molar-refractivity contribution < 1.29 is 153 Å². The van der Waals surface area contributed by atoms with Crippen molar-refractivity contribution in [1.82, 2.24) is 41.3 Å². The van der Waals surface area contributed by atoms with Crippen molar-refractivity contribution in [3.63, 3.8) is 0 Å². The van der Waals surface area contributed by atoms with Gasteiger partial charge in [-0.25, -0.2) is 19.4 Å².